The number of hydrogen-bond donors (Lipinski definition) is 0. The van der Waals surface area contributed by atoms with Gasteiger partial charge in [-0.15, -0.1) is 0 Å². The zero-order chi connectivity index (χ0) is 38.1. The van der Waals surface area contributed by atoms with E-state index in [1.807, 2.05) is 12.3 Å². The Kier molecular flexibility index (Phi) is 8.79. The molecule has 0 radical (unpaired) electrons. The summed E-state index contributed by atoms with van der Waals surface area (Å²) in [5.74, 6) is 2.49. The Bertz CT molecular complexity index is 2320. The standard InChI is InChI=1S/C48H56N4O/c1-45(2,3)32-16-19-42-41(27-32)40-18-17-39(30-43(40)52(42)44-28-33(20-21-49-44)46(4,5)6)53-38-15-13-14-36(29-38)50-22-23-51(31-50)37-25-34(47(7,8)9)24-35(26-37)48(10,11)12/h13-30H,31H2,1-12H3. The van der Waals surface area contributed by atoms with Crippen LogP contribution in [0.3, 0.4) is 0 Å². The lowest BCUT2D eigenvalue weighted by atomic mass is 9.80. The summed E-state index contributed by atoms with van der Waals surface area (Å²) in [5, 5.41) is 2.40. The van der Waals surface area contributed by atoms with Crippen LogP contribution in [0.1, 0.15) is 105 Å². The van der Waals surface area contributed by atoms with Crippen LogP contribution in [0.2, 0.25) is 0 Å². The van der Waals surface area contributed by atoms with Gasteiger partial charge in [-0.3, -0.25) is 4.57 Å². The van der Waals surface area contributed by atoms with Crippen LogP contribution in [0, 0.1) is 0 Å². The zero-order valence-electron chi connectivity index (χ0n) is 33.8. The lowest BCUT2D eigenvalue weighted by molar-refractivity contribution is 0.483. The van der Waals surface area contributed by atoms with E-state index in [1.54, 1.807) is 0 Å². The van der Waals surface area contributed by atoms with Gasteiger partial charge >= 0.3 is 0 Å². The molecule has 0 atom stereocenters. The molecule has 3 heterocycles. The number of benzene rings is 4. The van der Waals surface area contributed by atoms with Gasteiger partial charge in [0.05, 0.1) is 17.7 Å². The summed E-state index contributed by atoms with van der Waals surface area (Å²) >= 11 is 0. The van der Waals surface area contributed by atoms with Crippen molar-refractivity contribution >= 4 is 33.2 Å². The minimum absolute atomic E-state index is 0.00251. The van der Waals surface area contributed by atoms with E-state index in [1.165, 1.54) is 38.7 Å². The first-order valence-corrected chi connectivity index (χ1v) is 19.0. The molecule has 1 aliphatic heterocycles. The molecule has 0 bridgehead atoms. The topological polar surface area (TPSA) is 33.5 Å². The molecule has 1 aliphatic rings. The molecular formula is C48H56N4O. The molecule has 0 spiro atoms. The maximum Gasteiger partial charge on any atom is 0.137 e. The van der Waals surface area contributed by atoms with Crippen molar-refractivity contribution in [3.8, 4) is 17.3 Å². The molecular weight excluding hydrogens is 649 g/mol. The van der Waals surface area contributed by atoms with Gasteiger partial charge < -0.3 is 14.5 Å². The van der Waals surface area contributed by atoms with Gasteiger partial charge in [0.2, 0.25) is 0 Å². The first-order chi connectivity index (χ1) is 24.8. The van der Waals surface area contributed by atoms with Crippen LogP contribution < -0.4 is 14.5 Å². The van der Waals surface area contributed by atoms with Gasteiger partial charge in [-0.2, -0.15) is 0 Å². The predicted octanol–water partition coefficient (Wildman–Crippen LogP) is 12.9. The van der Waals surface area contributed by atoms with Crippen molar-refractivity contribution < 1.29 is 4.74 Å². The van der Waals surface area contributed by atoms with E-state index in [0.717, 1.165) is 40.7 Å². The molecule has 0 fully saturated rings. The second-order valence-electron chi connectivity index (χ2n) is 18.9. The Balaban J connectivity index is 1.22. The van der Waals surface area contributed by atoms with Gasteiger partial charge in [0.25, 0.3) is 0 Å². The van der Waals surface area contributed by atoms with E-state index in [-0.39, 0.29) is 21.7 Å². The van der Waals surface area contributed by atoms with Crippen LogP contribution in [0.4, 0.5) is 11.4 Å². The summed E-state index contributed by atoms with van der Waals surface area (Å²) in [6, 6.07) is 33.1. The molecule has 0 saturated heterocycles. The van der Waals surface area contributed by atoms with E-state index in [9.17, 15) is 0 Å². The second kappa shape index (κ2) is 12.8. The fourth-order valence-corrected chi connectivity index (χ4v) is 7.04. The van der Waals surface area contributed by atoms with Crippen molar-refractivity contribution in [3.63, 3.8) is 0 Å². The van der Waals surface area contributed by atoms with Crippen LogP contribution >= 0.6 is 0 Å². The van der Waals surface area contributed by atoms with Crippen molar-refractivity contribution in [1.82, 2.24) is 9.55 Å². The average molecular weight is 705 g/mol. The summed E-state index contributed by atoms with van der Waals surface area (Å²) in [5.41, 5.74) is 9.93. The highest BCUT2D eigenvalue weighted by Crippen LogP contribution is 2.39. The Labute approximate surface area is 316 Å². The maximum atomic E-state index is 6.65. The molecule has 5 heteroatoms. The van der Waals surface area contributed by atoms with E-state index in [0.29, 0.717) is 0 Å². The quantitative estimate of drug-likeness (QED) is 0.179. The molecule has 0 aliphatic carbocycles. The van der Waals surface area contributed by atoms with E-state index >= 15 is 0 Å². The number of pyridine rings is 1. The Morgan fingerprint density at radius 2 is 1.09 bits per heavy atom. The molecule has 2 aromatic heterocycles. The fourth-order valence-electron chi connectivity index (χ4n) is 7.04. The summed E-state index contributed by atoms with van der Waals surface area (Å²) < 4.78 is 8.94. The van der Waals surface area contributed by atoms with Gasteiger partial charge in [0.15, 0.2) is 0 Å². The average Bonchev–Trinajstić information content (AvgIpc) is 3.70. The van der Waals surface area contributed by atoms with Crippen LogP contribution in [0.15, 0.2) is 110 Å². The molecule has 274 valence electrons. The fraction of sp³-hybridized carbons (Fsp3) is 0.354. The lowest BCUT2D eigenvalue weighted by Crippen LogP contribution is -2.26. The summed E-state index contributed by atoms with van der Waals surface area (Å²) in [6.45, 7) is 28.0. The number of aromatic nitrogens is 2. The smallest absolute Gasteiger partial charge is 0.137 e. The molecule has 0 N–H and O–H groups in total. The Hall–Kier alpha value is -5.03. The number of ether oxygens (including phenoxy) is 1. The van der Waals surface area contributed by atoms with Crippen molar-refractivity contribution in [2.75, 3.05) is 16.5 Å². The number of rotatable bonds is 5. The SMILES string of the molecule is CC(C)(C)c1cc(N2C=CN(c3cccc(Oc4ccc5c6cc(C(C)(C)C)ccc6n(-c6cc(C(C)(C)C)ccn6)c5c4)c3)C2)cc(C(C)(C)C)c1. The van der Waals surface area contributed by atoms with Gasteiger partial charge in [0.1, 0.15) is 17.3 Å². The maximum absolute atomic E-state index is 6.65. The minimum Gasteiger partial charge on any atom is -0.457 e. The normalized spacial score (nSPS) is 14.2. The third-order valence-corrected chi connectivity index (χ3v) is 10.5. The highest BCUT2D eigenvalue weighted by atomic mass is 16.5. The van der Waals surface area contributed by atoms with E-state index in [4.69, 9.17) is 9.72 Å². The summed E-state index contributed by atoms with van der Waals surface area (Å²) in [7, 11) is 0. The number of hydrogen-bond acceptors (Lipinski definition) is 4. The highest BCUT2D eigenvalue weighted by molar-refractivity contribution is 6.09. The van der Waals surface area contributed by atoms with Gasteiger partial charge in [-0.25, -0.2) is 4.98 Å². The lowest BCUT2D eigenvalue weighted by Gasteiger charge is -2.29. The van der Waals surface area contributed by atoms with E-state index in [2.05, 4.69) is 195 Å². The minimum atomic E-state index is 0.00251. The number of nitrogens with zero attached hydrogens (tertiary/aromatic N) is 4. The number of fused-ring (bicyclic) bond motifs is 3. The first-order valence-electron chi connectivity index (χ1n) is 19.0. The monoisotopic (exact) mass is 704 g/mol. The van der Waals surface area contributed by atoms with Gasteiger partial charge in [-0.1, -0.05) is 101 Å². The molecule has 5 nitrogen and oxygen atoms in total. The van der Waals surface area contributed by atoms with Crippen LogP contribution in [-0.4, -0.2) is 16.2 Å². The zero-order valence-corrected chi connectivity index (χ0v) is 33.8. The van der Waals surface area contributed by atoms with Crippen LogP contribution in [-0.2, 0) is 21.7 Å². The Morgan fingerprint density at radius 1 is 0.491 bits per heavy atom. The van der Waals surface area contributed by atoms with Crippen molar-refractivity contribution in [3.05, 3.63) is 132 Å². The molecule has 6 aromatic rings. The van der Waals surface area contributed by atoms with E-state index < -0.39 is 0 Å². The third kappa shape index (κ3) is 7.31. The van der Waals surface area contributed by atoms with Crippen molar-refractivity contribution in [2.45, 2.75) is 105 Å². The third-order valence-electron chi connectivity index (χ3n) is 10.5. The molecule has 0 amide bonds. The van der Waals surface area contributed by atoms with Gasteiger partial charge in [-0.05, 0) is 105 Å². The van der Waals surface area contributed by atoms with Crippen LogP contribution in [0.25, 0.3) is 27.6 Å². The molecule has 53 heavy (non-hydrogen) atoms. The molecule has 0 saturated carbocycles. The molecule has 0 unspecified atom stereocenters. The largest absolute Gasteiger partial charge is 0.457 e. The second-order valence-corrected chi connectivity index (χ2v) is 18.9. The summed E-state index contributed by atoms with van der Waals surface area (Å²) in [6.07, 6.45) is 6.28. The predicted molar refractivity (Wildman–Crippen MR) is 225 cm³/mol. The molecule has 4 aromatic carbocycles. The molecule has 7 rings (SSSR count). The Morgan fingerprint density at radius 3 is 1.74 bits per heavy atom. The van der Waals surface area contributed by atoms with Crippen molar-refractivity contribution in [2.24, 2.45) is 0 Å². The number of anilines is 2. The highest BCUT2D eigenvalue weighted by Gasteiger charge is 2.25. The van der Waals surface area contributed by atoms with Gasteiger partial charge in [0, 0.05) is 52.9 Å². The van der Waals surface area contributed by atoms with Crippen molar-refractivity contribution in [1.29, 1.82) is 0 Å². The summed E-state index contributed by atoms with van der Waals surface area (Å²) in [4.78, 5) is 9.51. The van der Waals surface area contributed by atoms with Crippen LogP contribution in [0.5, 0.6) is 11.5 Å². The first kappa shape index (κ1) is 36.3.